The molecule has 1 aliphatic carbocycles. The summed E-state index contributed by atoms with van der Waals surface area (Å²) in [6, 6.07) is 6.02. The van der Waals surface area contributed by atoms with E-state index in [2.05, 4.69) is 10.6 Å². The van der Waals surface area contributed by atoms with Crippen LogP contribution >= 0.6 is 0 Å². The highest BCUT2D eigenvalue weighted by Crippen LogP contribution is 2.31. The van der Waals surface area contributed by atoms with Crippen LogP contribution in [0.25, 0.3) is 0 Å². The van der Waals surface area contributed by atoms with E-state index in [4.69, 9.17) is 9.47 Å². The van der Waals surface area contributed by atoms with Crippen molar-refractivity contribution in [3.05, 3.63) is 18.2 Å². The van der Waals surface area contributed by atoms with E-state index in [1.165, 1.54) is 12.8 Å². The van der Waals surface area contributed by atoms with Gasteiger partial charge in [0.05, 0.1) is 18.5 Å². The predicted octanol–water partition coefficient (Wildman–Crippen LogP) is 4.40. The van der Waals surface area contributed by atoms with Crippen LogP contribution in [0.15, 0.2) is 18.2 Å². The van der Waals surface area contributed by atoms with Gasteiger partial charge in [0.15, 0.2) is 0 Å². The zero-order chi connectivity index (χ0) is 16.2. The third-order valence-corrected chi connectivity index (χ3v) is 3.58. The highest BCUT2D eigenvalue weighted by molar-refractivity contribution is 5.90. The van der Waals surface area contributed by atoms with Gasteiger partial charge in [0.25, 0.3) is 0 Å². The first-order valence-corrected chi connectivity index (χ1v) is 7.82. The second-order valence-electron chi connectivity index (χ2n) is 6.66. The summed E-state index contributed by atoms with van der Waals surface area (Å²) in [6.07, 6.45) is 4.35. The highest BCUT2D eigenvalue weighted by atomic mass is 16.6. The second kappa shape index (κ2) is 6.90. The Balaban J connectivity index is 2.12. The van der Waals surface area contributed by atoms with Gasteiger partial charge in [0, 0.05) is 12.1 Å². The Labute approximate surface area is 132 Å². The van der Waals surface area contributed by atoms with E-state index in [-0.39, 0.29) is 0 Å². The Bertz CT molecular complexity index is 517. The van der Waals surface area contributed by atoms with Crippen LogP contribution in [0.3, 0.4) is 0 Å². The zero-order valence-electron chi connectivity index (χ0n) is 13.9. The zero-order valence-corrected chi connectivity index (χ0v) is 13.9. The molecule has 122 valence electrons. The van der Waals surface area contributed by atoms with Gasteiger partial charge in [0.2, 0.25) is 0 Å². The summed E-state index contributed by atoms with van der Waals surface area (Å²) in [4.78, 5) is 12.0. The van der Waals surface area contributed by atoms with E-state index < -0.39 is 11.7 Å². The van der Waals surface area contributed by atoms with Gasteiger partial charge in [-0.3, -0.25) is 5.32 Å². The molecule has 1 fully saturated rings. The van der Waals surface area contributed by atoms with Gasteiger partial charge < -0.3 is 14.8 Å². The maximum Gasteiger partial charge on any atom is 0.412 e. The van der Waals surface area contributed by atoms with Crippen LogP contribution in [0, 0.1) is 0 Å². The smallest absolute Gasteiger partial charge is 0.412 e. The quantitative estimate of drug-likeness (QED) is 0.865. The van der Waals surface area contributed by atoms with Crippen LogP contribution in [-0.4, -0.2) is 24.8 Å². The van der Waals surface area contributed by atoms with Crippen molar-refractivity contribution in [2.75, 3.05) is 17.7 Å². The molecule has 5 nitrogen and oxygen atoms in total. The number of methoxy groups -OCH3 is 1. The third-order valence-electron chi connectivity index (χ3n) is 3.58. The molecular formula is C17H26N2O3. The Morgan fingerprint density at radius 3 is 2.45 bits per heavy atom. The summed E-state index contributed by atoms with van der Waals surface area (Å²) in [7, 11) is 1.63. The fraction of sp³-hybridized carbons (Fsp3) is 0.588. The molecule has 1 saturated carbocycles. The molecule has 0 aromatic heterocycles. The van der Waals surface area contributed by atoms with E-state index >= 15 is 0 Å². The lowest BCUT2D eigenvalue weighted by Gasteiger charge is -2.22. The molecule has 5 heteroatoms. The van der Waals surface area contributed by atoms with Gasteiger partial charge in [-0.15, -0.1) is 0 Å². The molecule has 1 aliphatic rings. The highest BCUT2D eigenvalue weighted by Gasteiger charge is 2.19. The number of anilines is 2. The first kappa shape index (κ1) is 16.5. The Kier molecular flexibility index (Phi) is 5.16. The number of amides is 1. The monoisotopic (exact) mass is 306 g/mol. The lowest BCUT2D eigenvalue weighted by Crippen LogP contribution is -2.27. The Hall–Kier alpha value is -1.91. The largest absolute Gasteiger partial charge is 0.497 e. The SMILES string of the molecule is COc1ccc(NC(=O)OC(C)(C)C)c(NC2CCCC2)c1. The summed E-state index contributed by atoms with van der Waals surface area (Å²) in [5, 5.41) is 6.32. The number of carbonyl (C=O) groups is 1. The molecule has 22 heavy (non-hydrogen) atoms. The summed E-state index contributed by atoms with van der Waals surface area (Å²) in [5.41, 5.74) is 1.06. The van der Waals surface area contributed by atoms with Crippen LogP contribution in [0.5, 0.6) is 5.75 Å². The standard InChI is InChI=1S/C17H26N2O3/c1-17(2,3)22-16(20)19-14-10-9-13(21-4)11-15(14)18-12-7-5-6-8-12/h9-12,18H,5-8H2,1-4H3,(H,19,20). The molecule has 2 rings (SSSR count). The number of carbonyl (C=O) groups excluding carboxylic acids is 1. The lowest BCUT2D eigenvalue weighted by molar-refractivity contribution is 0.0636. The Morgan fingerprint density at radius 2 is 1.86 bits per heavy atom. The molecule has 0 unspecified atom stereocenters. The maximum absolute atomic E-state index is 12.0. The van der Waals surface area contributed by atoms with Crippen LogP contribution in [-0.2, 0) is 4.74 Å². The van der Waals surface area contributed by atoms with Gasteiger partial charge in [-0.2, -0.15) is 0 Å². The number of hydrogen-bond donors (Lipinski definition) is 2. The van der Waals surface area contributed by atoms with Gasteiger partial charge >= 0.3 is 6.09 Å². The number of nitrogens with one attached hydrogen (secondary N) is 2. The normalized spacial score (nSPS) is 15.5. The van der Waals surface area contributed by atoms with Crippen molar-refractivity contribution in [1.29, 1.82) is 0 Å². The minimum Gasteiger partial charge on any atom is -0.497 e. The van der Waals surface area contributed by atoms with Gasteiger partial charge in [-0.1, -0.05) is 12.8 Å². The molecule has 2 N–H and O–H groups in total. The molecule has 0 atom stereocenters. The van der Waals surface area contributed by atoms with Crippen LogP contribution < -0.4 is 15.4 Å². The topological polar surface area (TPSA) is 59.6 Å². The second-order valence-corrected chi connectivity index (χ2v) is 6.66. The molecule has 1 amide bonds. The summed E-state index contributed by atoms with van der Waals surface area (Å²) < 4.78 is 10.6. The van der Waals surface area contributed by atoms with Gasteiger partial charge in [-0.25, -0.2) is 4.79 Å². The maximum atomic E-state index is 12.0. The fourth-order valence-electron chi connectivity index (χ4n) is 2.58. The van der Waals surface area contributed by atoms with Crippen molar-refractivity contribution < 1.29 is 14.3 Å². The summed E-state index contributed by atoms with van der Waals surface area (Å²) in [6.45, 7) is 5.54. The van der Waals surface area contributed by atoms with E-state index in [1.807, 2.05) is 39.0 Å². The van der Waals surface area contributed by atoms with Crippen molar-refractivity contribution in [3.8, 4) is 5.75 Å². The molecule has 0 radical (unpaired) electrons. The van der Waals surface area contributed by atoms with Gasteiger partial charge in [0.1, 0.15) is 11.4 Å². The van der Waals surface area contributed by atoms with Crippen molar-refractivity contribution >= 4 is 17.5 Å². The third kappa shape index (κ3) is 4.83. The number of benzene rings is 1. The molecule has 0 bridgehead atoms. The van der Waals surface area contributed by atoms with Crippen LogP contribution in [0.4, 0.5) is 16.2 Å². The molecule has 0 heterocycles. The lowest BCUT2D eigenvalue weighted by atomic mass is 10.2. The predicted molar refractivity (Wildman–Crippen MR) is 88.7 cm³/mol. The molecule has 1 aromatic carbocycles. The van der Waals surface area contributed by atoms with Gasteiger partial charge in [-0.05, 0) is 45.7 Å². The molecule has 0 saturated heterocycles. The average Bonchev–Trinajstić information content (AvgIpc) is 2.91. The van der Waals surface area contributed by atoms with E-state index in [0.717, 1.165) is 24.3 Å². The van der Waals surface area contributed by atoms with E-state index in [0.29, 0.717) is 11.7 Å². The first-order chi connectivity index (χ1) is 10.4. The van der Waals surface area contributed by atoms with Crippen LogP contribution in [0.2, 0.25) is 0 Å². The molecule has 1 aromatic rings. The van der Waals surface area contributed by atoms with E-state index in [9.17, 15) is 4.79 Å². The van der Waals surface area contributed by atoms with Crippen molar-refractivity contribution in [1.82, 2.24) is 0 Å². The number of hydrogen-bond acceptors (Lipinski definition) is 4. The average molecular weight is 306 g/mol. The number of rotatable bonds is 4. The summed E-state index contributed by atoms with van der Waals surface area (Å²) in [5.74, 6) is 0.759. The number of ether oxygens (including phenoxy) is 2. The van der Waals surface area contributed by atoms with Crippen molar-refractivity contribution in [2.24, 2.45) is 0 Å². The molecule has 0 aliphatic heterocycles. The first-order valence-electron chi connectivity index (χ1n) is 7.82. The molecular weight excluding hydrogens is 280 g/mol. The minimum absolute atomic E-state index is 0.450. The van der Waals surface area contributed by atoms with Crippen molar-refractivity contribution in [2.45, 2.75) is 58.1 Å². The fourth-order valence-corrected chi connectivity index (χ4v) is 2.58. The molecule has 0 spiro atoms. The minimum atomic E-state index is -0.518. The van der Waals surface area contributed by atoms with Crippen molar-refractivity contribution in [3.63, 3.8) is 0 Å². The van der Waals surface area contributed by atoms with Crippen LogP contribution in [0.1, 0.15) is 46.5 Å². The summed E-state index contributed by atoms with van der Waals surface area (Å²) >= 11 is 0. The van der Waals surface area contributed by atoms with E-state index in [1.54, 1.807) is 7.11 Å². The Morgan fingerprint density at radius 1 is 1.18 bits per heavy atom.